The molecule has 0 N–H and O–H groups in total. The maximum Gasteiger partial charge on any atom is 0.237 e. The third-order valence-electron chi connectivity index (χ3n) is 6.13. The summed E-state index contributed by atoms with van der Waals surface area (Å²) in [6.45, 7) is 8.54. The molecule has 2 saturated heterocycles. The molecule has 2 heterocycles. The second-order valence-corrected chi connectivity index (χ2v) is 8.21. The standard InChI is InChI=1S/C22H32N2O2/c1-16-7-9-19(10-8-16)22(26)20-11-13-23(14-12-20)15-21(25)24-17(2)5-4-6-18(24)3/h7-10,17-18,20H,4-6,11-15H2,1-3H3/t17-,18-/m1/s1. The van der Waals surface area contributed by atoms with Crippen LogP contribution in [0, 0.1) is 12.8 Å². The molecular weight excluding hydrogens is 324 g/mol. The van der Waals surface area contributed by atoms with E-state index in [-0.39, 0.29) is 17.6 Å². The minimum atomic E-state index is 0.0943. The van der Waals surface area contributed by atoms with Gasteiger partial charge < -0.3 is 4.90 Å². The molecule has 3 rings (SSSR count). The van der Waals surface area contributed by atoms with E-state index in [0.29, 0.717) is 18.6 Å². The summed E-state index contributed by atoms with van der Waals surface area (Å²) in [5.41, 5.74) is 2.00. The molecule has 2 aliphatic heterocycles. The van der Waals surface area contributed by atoms with Gasteiger partial charge in [0.15, 0.2) is 5.78 Å². The third kappa shape index (κ3) is 4.35. The van der Waals surface area contributed by atoms with E-state index in [1.54, 1.807) is 0 Å². The summed E-state index contributed by atoms with van der Waals surface area (Å²) in [6, 6.07) is 8.59. The number of benzene rings is 1. The van der Waals surface area contributed by atoms with Gasteiger partial charge in [-0.1, -0.05) is 29.8 Å². The summed E-state index contributed by atoms with van der Waals surface area (Å²) in [7, 11) is 0. The summed E-state index contributed by atoms with van der Waals surface area (Å²) in [4.78, 5) is 29.8. The van der Waals surface area contributed by atoms with Gasteiger partial charge >= 0.3 is 0 Å². The minimum absolute atomic E-state index is 0.0943. The highest BCUT2D eigenvalue weighted by Gasteiger charge is 2.31. The van der Waals surface area contributed by atoms with Crippen molar-refractivity contribution >= 4 is 11.7 Å². The van der Waals surface area contributed by atoms with E-state index in [9.17, 15) is 9.59 Å². The highest BCUT2D eigenvalue weighted by Crippen LogP contribution is 2.25. The first-order chi connectivity index (χ1) is 12.5. The lowest BCUT2D eigenvalue weighted by molar-refractivity contribution is -0.138. The molecule has 4 heteroatoms. The van der Waals surface area contributed by atoms with E-state index >= 15 is 0 Å². The Morgan fingerprint density at radius 3 is 2.12 bits per heavy atom. The number of hydrogen-bond donors (Lipinski definition) is 0. The molecule has 4 nitrogen and oxygen atoms in total. The number of piperidine rings is 2. The lowest BCUT2D eigenvalue weighted by atomic mass is 9.88. The maximum atomic E-state index is 12.8. The smallest absolute Gasteiger partial charge is 0.237 e. The average molecular weight is 357 g/mol. The molecule has 2 fully saturated rings. The Morgan fingerprint density at radius 1 is 0.962 bits per heavy atom. The second kappa shape index (κ2) is 8.34. The molecule has 0 aliphatic carbocycles. The van der Waals surface area contributed by atoms with Crippen molar-refractivity contribution in [3.63, 3.8) is 0 Å². The molecule has 0 bridgehead atoms. The molecule has 0 unspecified atom stereocenters. The fourth-order valence-electron chi connectivity index (χ4n) is 4.49. The Balaban J connectivity index is 1.51. The number of aryl methyl sites for hydroxylation is 1. The van der Waals surface area contributed by atoms with E-state index < -0.39 is 0 Å². The molecular formula is C22H32N2O2. The van der Waals surface area contributed by atoms with Crippen molar-refractivity contribution in [2.24, 2.45) is 5.92 Å². The van der Waals surface area contributed by atoms with Crippen molar-refractivity contribution in [3.05, 3.63) is 35.4 Å². The van der Waals surface area contributed by atoms with Gasteiger partial charge in [-0.3, -0.25) is 14.5 Å². The van der Waals surface area contributed by atoms with Crippen molar-refractivity contribution in [2.75, 3.05) is 19.6 Å². The van der Waals surface area contributed by atoms with E-state index in [1.807, 2.05) is 31.2 Å². The van der Waals surface area contributed by atoms with Crippen LogP contribution in [0.2, 0.25) is 0 Å². The van der Waals surface area contributed by atoms with Gasteiger partial charge in [-0.05, 0) is 66.0 Å². The fraction of sp³-hybridized carbons (Fsp3) is 0.636. The Bertz CT molecular complexity index is 622. The van der Waals surface area contributed by atoms with Gasteiger partial charge in [0, 0.05) is 23.6 Å². The van der Waals surface area contributed by atoms with Gasteiger partial charge in [0.05, 0.1) is 6.54 Å². The zero-order chi connectivity index (χ0) is 18.7. The van der Waals surface area contributed by atoms with Gasteiger partial charge in [0.1, 0.15) is 0 Å². The quantitative estimate of drug-likeness (QED) is 0.773. The van der Waals surface area contributed by atoms with Gasteiger partial charge in [-0.2, -0.15) is 0 Å². The maximum absolute atomic E-state index is 12.8. The number of amides is 1. The zero-order valence-corrected chi connectivity index (χ0v) is 16.4. The van der Waals surface area contributed by atoms with Crippen LogP contribution in [-0.2, 0) is 4.79 Å². The van der Waals surface area contributed by atoms with Crippen LogP contribution in [0.15, 0.2) is 24.3 Å². The molecule has 0 saturated carbocycles. The number of nitrogens with zero attached hydrogens (tertiary/aromatic N) is 2. The van der Waals surface area contributed by atoms with E-state index in [1.165, 1.54) is 12.0 Å². The van der Waals surface area contributed by atoms with Crippen LogP contribution in [0.5, 0.6) is 0 Å². The predicted molar refractivity (Wildman–Crippen MR) is 104 cm³/mol. The fourth-order valence-corrected chi connectivity index (χ4v) is 4.49. The Labute approximate surface area is 157 Å². The summed E-state index contributed by atoms with van der Waals surface area (Å²) < 4.78 is 0. The monoisotopic (exact) mass is 356 g/mol. The molecule has 1 aromatic rings. The Morgan fingerprint density at radius 2 is 1.54 bits per heavy atom. The normalized spacial score (nSPS) is 25.3. The number of ketones is 1. The number of carbonyl (C=O) groups excluding carboxylic acids is 2. The molecule has 1 amide bonds. The lowest BCUT2D eigenvalue weighted by Crippen LogP contribution is -2.52. The highest BCUT2D eigenvalue weighted by atomic mass is 16.2. The first-order valence-corrected chi connectivity index (χ1v) is 10.1. The van der Waals surface area contributed by atoms with Crippen molar-refractivity contribution in [3.8, 4) is 0 Å². The number of hydrogen-bond acceptors (Lipinski definition) is 3. The molecule has 1 aromatic carbocycles. The minimum Gasteiger partial charge on any atom is -0.336 e. The topological polar surface area (TPSA) is 40.6 Å². The van der Waals surface area contributed by atoms with Crippen LogP contribution in [0.1, 0.15) is 61.9 Å². The average Bonchev–Trinajstić information content (AvgIpc) is 2.62. The largest absolute Gasteiger partial charge is 0.336 e. The van der Waals surface area contributed by atoms with E-state index in [0.717, 1.165) is 44.3 Å². The molecule has 26 heavy (non-hydrogen) atoms. The second-order valence-electron chi connectivity index (χ2n) is 8.21. The van der Waals surface area contributed by atoms with Crippen LogP contribution in [0.4, 0.5) is 0 Å². The molecule has 0 spiro atoms. The van der Waals surface area contributed by atoms with Crippen molar-refractivity contribution in [1.82, 2.24) is 9.80 Å². The van der Waals surface area contributed by atoms with Crippen molar-refractivity contribution in [1.29, 1.82) is 0 Å². The van der Waals surface area contributed by atoms with E-state index in [2.05, 4.69) is 23.6 Å². The number of likely N-dealkylation sites (tertiary alicyclic amines) is 2. The Hall–Kier alpha value is -1.68. The number of Topliss-reactive ketones (excluding diaryl/α,β-unsaturated/α-hetero) is 1. The zero-order valence-electron chi connectivity index (χ0n) is 16.4. The van der Waals surface area contributed by atoms with Crippen LogP contribution in [0.25, 0.3) is 0 Å². The van der Waals surface area contributed by atoms with Crippen LogP contribution < -0.4 is 0 Å². The first-order valence-electron chi connectivity index (χ1n) is 10.1. The van der Waals surface area contributed by atoms with Gasteiger partial charge in [-0.15, -0.1) is 0 Å². The SMILES string of the molecule is Cc1ccc(C(=O)C2CCN(CC(=O)N3[C@H](C)CCC[C@H]3C)CC2)cc1. The van der Waals surface area contributed by atoms with Gasteiger partial charge in [0.25, 0.3) is 0 Å². The van der Waals surface area contributed by atoms with Crippen LogP contribution in [-0.4, -0.2) is 53.2 Å². The summed E-state index contributed by atoms with van der Waals surface area (Å²) in [6.07, 6.45) is 5.15. The molecule has 0 aromatic heterocycles. The molecule has 0 radical (unpaired) electrons. The Kier molecular flexibility index (Phi) is 6.13. The van der Waals surface area contributed by atoms with Crippen LogP contribution >= 0.6 is 0 Å². The molecule has 2 atom stereocenters. The summed E-state index contributed by atoms with van der Waals surface area (Å²) in [5.74, 6) is 0.610. The summed E-state index contributed by atoms with van der Waals surface area (Å²) in [5, 5.41) is 0. The van der Waals surface area contributed by atoms with Gasteiger partial charge in [-0.25, -0.2) is 0 Å². The number of carbonyl (C=O) groups is 2. The number of rotatable bonds is 4. The van der Waals surface area contributed by atoms with Crippen LogP contribution in [0.3, 0.4) is 0 Å². The van der Waals surface area contributed by atoms with Crippen molar-refractivity contribution in [2.45, 2.75) is 65.0 Å². The summed E-state index contributed by atoms with van der Waals surface area (Å²) >= 11 is 0. The third-order valence-corrected chi connectivity index (χ3v) is 6.13. The van der Waals surface area contributed by atoms with E-state index in [4.69, 9.17) is 0 Å². The first kappa shape index (κ1) is 19.1. The highest BCUT2D eigenvalue weighted by molar-refractivity contribution is 5.97. The predicted octanol–water partition coefficient (Wildman–Crippen LogP) is 3.68. The van der Waals surface area contributed by atoms with Gasteiger partial charge in [0.2, 0.25) is 5.91 Å². The molecule has 2 aliphatic rings. The lowest BCUT2D eigenvalue weighted by Gasteiger charge is -2.41. The molecule has 142 valence electrons. The van der Waals surface area contributed by atoms with Crippen molar-refractivity contribution < 1.29 is 9.59 Å².